The Kier molecular flexibility index (Phi) is 4.60. The second-order valence-corrected chi connectivity index (χ2v) is 5.99. The highest BCUT2D eigenvalue weighted by atomic mass is 19.1. The first kappa shape index (κ1) is 16.2. The number of hydrogen-bond acceptors (Lipinski definition) is 4. The zero-order valence-corrected chi connectivity index (χ0v) is 13.9. The lowest BCUT2D eigenvalue weighted by Crippen LogP contribution is -2.00. The molecule has 0 saturated heterocycles. The first-order chi connectivity index (χ1) is 11.5. The quantitative estimate of drug-likeness (QED) is 0.670. The van der Waals surface area contributed by atoms with Gasteiger partial charge >= 0.3 is 0 Å². The molecule has 24 heavy (non-hydrogen) atoms. The molecule has 0 radical (unpaired) electrons. The smallest absolute Gasteiger partial charge is 0.254 e. The van der Waals surface area contributed by atoms with E-state index in [4.69, 9.17) is 9.15 Å². The van der Waals surface area contributed by atoms with Gasteiger partial charge in [0.25, 0.3) is 5.89 Å². The maximum Gasteiger partial charge on any atom is 0.254 e. The van der Waals surface area contributed by atoms with E-state index >= 15 is 0 Å². The summed E-state index contributed by atoms with van der Waals surface area (Å²) >= 11 is 0. The number of rotatable bonds is 5. The van der Waals surface area contributed by atoms with Gasteiger partial charge in [0.05, 0.1) is 0 Å². The Hall–Kier alpha value is -2.69. The normalized spacial score (nSPS) is 11.0. The summed E-state index contributed by atoms with van der Waals surface area (Å²) in [5.41, 5.74) is 2.94. The van der Waals surface area contributed by atoms with Crippen LogP contribution in [0.15, 0.2) is 46.9 Å². The molecule has 3 rings (SSSR count). The van der Waals surface area contributed by atoms with Gasteiger partial charge in [-0.3, -0.25) is 0 Å². The average Bonchev–Trinajstić information content (AvgIpc) is 3.02. The van der Waals surface area contributed by atoms with Crippen LogP contribution in [0.25, 0.3) is 11.5 Å². The van der Waals surface area contributed by atoms with E-state index in [2.05, 4.69) is 36.2 Å². The molecule has 1 heterocycles. The maximum absolute atomic E-state index is 13.0. The molecule has 0 atom stereocenters. The lowest BCUT2D eigenvalue weighted by molar-refractivity contribution is 0.261. The van der Waals surface area contributed by atoms with Gasteiger partial charge in [0.2, 0.25) is 5.89 Å². The summed E-state index contributed by atoms with van der Waals surface area (Å²) in [6.45, 7) is 6.46. The number of nitrogens with zero attached hydrogens (tertiary/aromatic N) is 2. The second-order valence-electron chi connectivity index (χ2n) is 5.99. The Balaban J connectivity index is 1.74. The zero-order chi connectivity index (χ0) is 17.1. The minimum absolute atomic E-state index is 0.192. The number of aromatic nitrogens is 2. The molecule has 4 nitrogen and oxygen atoms in total. The van der Waals surface area contributed by atoms with Crippen molar-refractivity contribution in [1.82, 2.24) is 10.2 Å². The van der Waals surface area contributed by atoms with Gasteiger partial charge in [-0.25, -0.2) is 4.39 Å². The fourth-order valence-corrected chi connectivity index (χ4v) is 2.40. The molecule has 0 aliphatic heterocycles. The van der Waals surface area contributed by atoms with Crippen LogP contribution in [0, 0.1) is 12.7 Å². The second kappa shape index (κ2) is 6.83. The Labute approximate surface area is 140 Å². The van der Waals surface area contributed by atoms with E-state index in [0.29, 0.717) is 23.3 Å². The Morgan fingerprint density at radius 3 is 2.54 bits per heavy atom. The zero-order valence-electron chi connectivity index (χ0n) is 13.9. The molecule has 5 heteroatoms. The van der Waals surface area contributed by atoms with Crippen molar-refractivity contribution in [3.63, 3.8) is 0 Å². The third kappa shape index (κ3) is 3.62. The van der Waals surface area contributed by atoms with Crippen molar-refractivity contribution in [3.8, 4) is 17.2 Å². The lowest BCUT2D eigenvalue weighted by Gasteiger charge is -2.13. The van der Waals surface area contributed by atoms with Gasteiger partial charge in [-0.2, -0.15) is 0 Å². The molecule has 0 amide bonds. The van der Waals surface area contributed by atoms with Gasteiger partial charge in [-0.15, -0.1) is 10.2 Å². The highest BCUT2D eigenvalue weighted by Gasteiger charge is 2.12. The van der Waals surface area contributed by atoms with Crippen LogP contribution in [0.4, 0.5) is 4.39 Å². The number of hydrogen-bond donors (Lipinski definition) is 0. The Morgan fingerprint density at radius 2 is 1.83 bits per heavy atom. The first-order valence-electron chi connectivity index (χ1n) is 7.84. The minimum atomic E-state index is -0.303. The predicted molar refractivity (Wildman–Crippen MR) is 89.3 cm³/mol. The van der Waals surface area contributed by atoms with Gasteiger partial charge in [-0.05, 0) is 54.3 Å². The van der Waals surface area contributed by atoms with Gasteiger partial charge in [-0.1, -0.05) is 26.0 Å². The third-order valence-electron chi connectivity index (χ3n) is 3.70. The van der Waals surface area contributed by atoms with Crippen molar-refractivity contribution < 1.29 is 13.5 Å². The van der Waals surface area contributed by atoms with Crippen LogP contribution in [-0.4, -0.2) is 10.2 Å². The molecule has 0 bridgehead atoms. The molecule has 1 aromatic heterocycles. The topological polar surface area (TPSA) is 48.2 Å². The molecule has 0 aliphatic rings. The minimum Gasteiger partial charge on any atom is -0.484 e. The van der Waals surface area contributed by atoms with Gasteiger partial charge in [0.1, 0.15) is 11.6 Å². The fraction of sp³-hybridized carbons (Fsp3) is 0.263. The standard InChI is InChI=1S/C19H19FN2O2/c1-12(2)16-9-4-13(3)10-17(16)23-11-18-21-22-19(24-18)14-5-7-15(20)8-6-14/h4-10,12H,11H2,1-3H3. The SMILES string of the molecule is Cc1ccc(C(C)C)c(OCc2nnc(-c3ccc(F)cc3)o2)c1. The van der Waals surface area contributed by atoms with Crippen molar-refractivity contribution in [1.29, 1.82) is 0 Å². The number of halogens is 1. The average molecular weight is 326 g/mol. The molecule has 0 spiro atoms. The summed E-state index contributed by atoms with van der Waals surface area (Å²) < 4.78 is 24.4. The Bertz CT molecular complexity index is 826. The van der Waals surface area contributed by atoms with E-state index in [0.717, 1.165) is 16.9 Å². The largest absolute Gasteiger partial charge is 0.484 e. The molecule has 2 aromatic carbocycles. The van der Waals surface area contributed by atoms with Crippen LogP contribution in [0.3, 0.4) is 0 Å². The van der Waals surface area contributed by atoms with Crippen molar-refractivity contribution in [2.24, 2.45) is 0 Å². The highest BCUT2D eigenvalue weighted by Crippen LogP contribution is 2.28. The summed E-state index contributed by atoms with van der Waals surface area (Å²) in [5.74, 6) is 1.61. The third-order valence-corrected chi connectivity index (χ3v) is 3.70. The van der Waals surface area contributed by atoms with Crippen LogP contribution in [0.1, 0.15) is 36.8 Å². The van der Waals surface area contributed by atoms with E-state index in [9.17, 15) is 4.39 Å². The predicted octanol–water partition coefficient (Wildman–Crippen LogP) is 4.89. The van der Waals surface area contributed by atoms with E-state index in [-0.39, 0.29) is 12.4 Å². The molecule has 3 aromatic rings. The van der Waals surface area contributed by atoms with Gasteiger partial charge < -0.3 is 9.15 Å². The van der Waals surface area contributed by atoms with Crippen molar-refractivity contribution >= 4 is 0 Å². The summed E-state index contributed by atoms with van der Waals surface area (Å²) in [6.07, 6.45) is 0. The molecular weight excluding hydrogens is 307 g/mol. The molecule has 0 unspecified atom stereocenters. The Morgan fingerprint density at radius 1 is 1.08 bits per heavy atom. The van der Waals surface area contributed by atoms with Gasteiger partial charge in [0, 0.05) is 5.56 Å². The highest BCUT2D eigenvalue weighted by molar-refractivity contribution is 5.51. The van der Waals surface area contributed by atoms with Crippen LogP contribution in [0.5, 0.6) is 5.75 Å². The van der Waals surface area contributed by atoms with Crippen molar-refractivity contribution in [2.45, 2.75) is 33.3 Å². The maximum atomic E-state index is 13.0. The van der Waals surface area contributed by atoms with E-state index < -0.39 is 0 Å². The summed E-state index contributed by atoms with van der Waals surface area (Å²) in [7, 11) is 0. The summed E-state index contributed by atoms with van der Waals surface area (Å²) in [5, 5.41) is 7.98. The summed E-state index contributed by atoms with van der Waals surface area (Å²) in [6, 6.07) is 12.1. The van der Waals surface area contributed by atoms with E-state index in [1.54, 1.807) is 12.1 Å². The molecular formula is C19H19FN2O2. The van der Waals surface area contributed by atoms with Crippen molar-refractivity contribution in [2.75, 3.05) is 0 Å². The fourth-order valence-electron chi connectivity index (χ4n) is 2.40. The first-order valence-corrected chi connectivity index (χ1v) is 7.84. The van der Waals surface area contributed by atoms with Crippen LogP contribution < -0.4 is 4.74 Å². The number of aryl methyl sites for hydroxylation is 1. The van der Waals surface area contributed by atoms with Crippen LogP contribution >= 0.6 is 0 Å². The summed E-state index contributed by atoms with van der Waals surface area (Å²) in [4.78, 5) is 0. The monoisotopic (exact) mass is 326 g/mol. The van der Waals surface area contributed by atoms with Crippen molar-refractivity contribution in [3.05, 3.63) is 65.3 Å². The molecule has 0 fully saturated rings. The molecule has 0 saturated carbocycles. The van der Waals surface area contributed by atoms with Gasteiger partial charge in [0.15, 0.2) is 6.61 Å². The molecule has 0 N–H and O–H groups in total. The lowest BCUT2D eigenvalue weighted by atomic mass is 10.0. The van der Waals surface area contributed by atoms with Crippen LogP contribution in [0.2, 0.25) is 0 Å². The van der Waals surface area contributed by atoms with E-state index in [1.807, 2.05) is 13.0 Å². The van der Waals surface area contributed by atoms with Crippen LogP contribution in [-0.2, 0) is 6.61 Å². The molecule has 124 valence electrons. The molecule has 0 aliphatic carbocycles. The number of ether oxygens (including phenoxy) is 1. The van der Waals surface area contributed by atoms with E-state index in [1.165, 1.54) is 12.1 Å². The number of benzene rings is 2.